The van der Waals surface area contributed by atoms with Gasteiger partial charge in [0, 0.05) is 65.2 Å². The number of ketones is 2. The number of nitrogens with zero attached hydrogens (tertiary/aromatic N) is 2. The number of carboxylic acid groups (broad SMARTS) is 3. The van der Waals surface area contributed by atoms with Crippen molar-refractivity contribution in [1.82, 2.24) is 9.88 Å². The van der Waals surface area contributed by atoms with Crippen LogP contribution in [-0.4, -0.2) is 107 Å². The minimum absolute atomic E-state index is 0.167. The Balaban J connectivity index is 0.000000247. The fourth-order valence-electron chi connectivity index (χ4n) is 4.95. The molecule has 2 heterocycles. The molecule has 4 aromatic rings. The van der Waals surface area contributed by atoms with Crippen LogP contribution < -0.4 is 5.32 Å². The van der Waals surface area contributed by atoms with Gasteiger partial charge in [0.2, 0.25) is 11.6 Å². The number of likely N-dealkylation sites (tertiary alicyclic amines) is 1. The Hall–Kier alpha value is -5.70. The summed E-state index contributed by atoms with van der Waals surface area (Å²) >= 11 is 0. The quantitative estimate of drug-likeness (QED) is 0.0999. The van der Waals surface area contributed by atoms with Crippen LogP contribution in [0.4, 0.5) is 10.5 Å². The van der Waals surface area contributed by atoms with E-state index in [0.29, 0.717) is 13.1 Å². The molecule has 0 aliphatic carbocycles. The lowest BCUT2D eigenvalue weighted by Gasteiger charge is -2.34. The van der Waals surface area contributed by atoms with Crippen molar-refractivity contribution in [2.45, 2.75) is 43.6 Å². The number of Topliss-reactive ketones (excluding diaryl/α,β-unsaturated/α-hetero) is 2. The lowest BCUT2D eigenvalue weighted by atomic mass is 9.73. The smallest absolute Gasteiger partial charge is 0.407 e. The highest BCUT2D eigenvalue weighted by Gasteiger charge is 2.69. The van der Waals surface area contributed by atoms with Crippen LogP contribution in [0.1, 0.15) is 41.0 Å². The van der Waals surface area contributed by atoms with Gasteiger partial charge >= 0.3 is 18.0 Å². The molecule has 0 saturated carbocycles. The normalized spacial score (nSPS) is 16.1. The van der Waals surface area contributed by atoms with E-state index >= 15 is 0 Å². The number of carbonyl (C=O) groups excluding carboxylic acids is 2. The van der Waals surface area contributed by atoms with E-state index in [-0.39, 0.29) is 12.1 Å². The molecule has 1 saturated heterocycles. The topological polar surface area (TPSA) is 235 Å². The van der Waals surface area contributed by atoms with E-state index in [4.69, 9.17) is 10.2 Å². The predicted molar refractivity (Wildman–Crippen MR) is 177 cm³/mol. The molecule has 0 radical (unpaired) electrons. The van der Waals surface area contributed by atoms with Gasteiger partial charge in [-0.25, -0.2) is 14.4 Å². The minimum atomic E-state index is -3.95. The molecule has 5 rings (SSSR count). The second-order valence-corrected chi connectivity index (χ2v) is 11.3. The largest absolute Gasteiger partial charge is 0.479 e. The van der Waals surface area contributed by atoms with Gasteiger partial charge in [0.25, 0.3) is 11.2 Å². The van der Waals surface area contributed by atoms with Gasteiger partial charge < -0.3 is 40.9 Å². The summed E-state index contributed by atoms with van der Waals surface area (Å²) in [5.41, 5.74) is -7.65. The number of carboxylic acids is 2. The van der Waals surface area contributed by atoms with Crippen molar-refractivity contribution >= 4 is 46.1 Å². The zero-order chi connectivity index (χ0) is 36.4. The van der Waals surface area contributed by atoms with Crippen molar-refractivity contribution in [3.63, 3.8) is 0 Å². The van der Waals surface area contributed by atoms with Crippen molar-refractivity contribution in [3.05, 3.63) is 108 Å². The number of rotatable bonds is 9. The van der Waals surface area contributed by atoms with Gasteiger partial charge in [0.15, 0.2) is 0 Å². The zero-order valence-electron chi connectivity index (χ0n) is 26.6. The number of hydrogen-bond acceptors (Lipinski definition) is 10. The van der Waals surface area contributed by atoms with Crippen molar-refractivity contribution in [1.29, 1.82) is 0 Å². The lowest BCUT2D eigenvalue weighted by molar-refractivity contribution is -0.187. The number of hydrogen-bond donors (Lipinski definition) is 7. The Morgan fingerprint density at radius 1 is 0.776 bits per heavy atom. The minimum Gasteiger partial charge on any atom is -0.479 e. The third kappa shape index (κ3) is 8.61. The number of aliphatic carboxylic acids is 2. The molecule has 1 unspecified atom stereocenters. The first-order chi connectivity index (χ1) is 23.1. The van der Waals surface area contributed by atoms with E-state index in [0.717, 1.165) is 47.1 Å². The molecule has 49 heavy (non-hydrogen) atoms. The molecule has 1 amide bonds. The van der Waals surface area contributed by atoms with Crippen molar-refractivity contribution < 1.29 is 54.6 Å². The maximum absolute atomic E-state index is 12.6. The molecule has 14 heteroatoms. The maximum atomic E-state index is 12.6. The molecule has 7 N–H and O–H groups in total. The van der Waals surface area contributed by atoms with Crippen LogP contribution in [0.25, 0.3) is 10.8 Å². The number of fused-ring (bicyclic) bond motifs is 1. The number of carbonyl (C=O) groups is 5. The van der Waals surface area contributed by atoms with Crippen LogP contribution in [0, 0.1) is 0 Å². The van der Waals surface area contributed by atoms with E-state index in [1.165, 1.54) is 41.3 Å². The highest BCUT2D eigenvalue weighted by molar-refractivity contribution is 6.28. The summed E-state index contributed by atoms with van der Waals surface area (Å²) in [5, 5.41) is 62.5. The summed E-state index contributed by atoms with van der Waals surface area (Å²) in [6.07, 6.45) is 3.43. The number of nitrogens with one attached hydrogen (secondary N) is 1. The van der Waals surface area contributed by atoms with Gasteiger partial charge in [-0.3, -0.25) is 14.6 Å². The number of pyridine rings is 1. The molecule has 258 valence electrons. The number of aliphatic hydroxyl groups is 3. The number of aliphatic hydroxyl groups excluding tert-OH is 1. The fraction of sp³-hybridized carbons (Fsp3) is 0.257. The Morgan fingerprint density at radius 2 is 1.27 bits per heavy atom. The first-order valence-corrected chi connectivity index (χ1v) is 15.0. The fourth-order valence-corrected chi connectivity index (χ4v) is 4.95. The average molecular weight is 676 g/mol. The highest BCUT2D eigenvalue weighted by Crippen LogP contribution is 2.32. The number of aromatic nitrogens is 1. The molecule has 0 bridgehead atoms. The Kier molecular flexibility index (Phi) is 12.6. The third-order valence-corrected chi connectivity index (χ3v) is 7.37. The summed E-state index contributed by atoms with van der Waals surface area (Å²) in [5.74, 6) is -8.03. The molecular formula is C35H37N3O11. The van der Waals surface area contributed by atoms with E-state index in [1.807, 2.05) is 30.5 Å². The van der Waals surface area contributed by atoms with Gasteiger partial charge in [-0.15, -0.1) is 0 Å². The maximum Gasteiger partial charge on any atom is 0.407 e. The second kappa shape index (κ2) is 16.4. The van der Waals surface area contributed by atoms with E-state index < -0.39 is 51.9 Å². The van der Waals surface area contributed by atoms with Gasteiger partial charge in [-0.1, -0.05) is 72.8 Å². The van der Waals surface area contributed by atoms with Crippen molar-refractivity contribution in [2.75, 3.05) is 18.4 Å². The van der Waals surface area contributed by atoms with Crippen LogP contribution in [0.15, 0.2) is 97.3 Å². The van der Waals surface area contributed by atoms with Crippen LogP contribution in [0.3, 0.4) is 0 Å². The summed E-state index contributed by atoms with van der Waals surface area (Å²) in [6, 6.07) is 21.0. The summed E-state index contributed by atoms with van der Waals surface area (Å²) in [6.45, 7) is 4.58. The SMILES string of the molecule is CC(C)O.O=C(O)N1CCC(Nc2cccc3cnccc23)C1.O=C(O)[C@](O)(C(=O)c1ccccc1)[C@](O)(C(=O)O)C(=O)c1ccccc1. The van der Waals surface area contributed by atoms with Crippen LogP contribution in [0.5, 0.6) is 0 Å². The summed E-state index contributed by atoms with van der Waals surface area (Å²) in [4.78, 5) is 65.0. The Morgan fingerprint density at radius 3 is 1.69 bits per heavy atom. The van der Waals surface area contributed by atoms with Gasteiger partial charge in [-0.2, -0.15) is 0 Å². The second-order valence-electron chi connectivity index (χ2n) is 11.3. The molecule has 3 atom stereocenters. The number of amides is 1. The van der Waals surface area contributed by atoms with Crippen molar-refractivity contribution in [2.24, 2.45) is 0 Å². The van der Waals surface area contributed by atoms with E-state index in [2.05, 4.69) is 10.3 Å². The van der Waals surface area contributed by atoms with Gasteiger partial charge in [0.05, 0.1) is 0 Å². The first-order valence-electron chi connectivity index (χ1n) is 15.0. The van der Waals surface area contributed by atoms with Crippen LogP contribution >= 0.6 is 0 Å². The van der Waals surface area contributed by atoms with Crippen molar-refractivity contribution in [3.8, 4) is 0 Å². The molecule has 1 aliphatic heterocycles. The monoisotopic (exact) mass is 675 g/mol. The van der Waals surface area contributed by atoms with Gasteiger partial charge in [-0.05, 0) is 32.4 Å². The molecule has 14 nitrogen and oxygen atoms in total. The Labute approximate surface area is 280 Å². The number of benzene rings is 3. The molecular weight excluding hydrogens is 638 g/mol. The summed E-state index contributed by atoms with van der Waals surface area (Å²) < 4.78 is 0. The molecule has 3 aromatic carbocycles. The molecule has 1 aliphatic rings. The summed E-state index contributed by atoms with van der Waals surface area (Å²) in [7, 11) is 0. The average Bonchev–Trinajstić information content (AvgIpc) is 3.56. The lowest BCUT2D eigenvalue weighted by Crippen LogP contribution is -2.71. The standard InChI is InChI=1S/C18H14O8.C14H15N3O2.C3H8O/c19-13(11-7-3-1-4-8-11)17(25,15(21)22)18(26,16(23)24)14(20)12-9-5-2-6-10-12;18-14(19)17-7-5-11(9-17)16-13-3-1-2-10-8-15-6-4-12(10)13;1-3(2)4/h1-10,25-26H,(H,21,22)(H,23,24);1-4,6,8,11,16H,5,7,9H2,(H,18,19);3-4H,1-2H3/t17-,18-;;/m1../s1. The van der Waals surface area contributed by atoms with Crippen LogP contribution in [0.2, 0.25) is 0 Å². The zero-order valence-corrected chi connectivity index (χ0v) is 26.6. The molecule has 1 fully saturated rings. The number of anilines is 1. The van der Waals surface area contributed by atoms with E-state index in [1.54, 1.807) is 20.0 Å². The first kappa shape index (κ1) is 37.8. The third-order valence-electron chi connectivity index (χ3n) is 7.37. The highest BCUT2D eigenvalue weighted by atomic mass is 16.5. The van der Waals surface area contributed by atoms with Crippen LogP contribution in [-0.2, 0) is 9.59 Å². The van der Waals surface area contributed by atoms with E-state index in [9.17, 15) is 44.4 Å². The van der Waals surface area contributed by atoms with Gasteiger partial charge in [0.1, 0.15) is 0 Å². The predicted octanol–water partition coefficient (Wildman–Crippen LogP) is 3.17. The molecule has 0 spiro atoms. The Bertz CT molecular complexity index is 1700. The molecule has 1 aromatic heterocycles.